The third-order valence-electron chi connectivity index (χ3n) is 3.26. The highest BCUT2D eigenvalue weighted by Gasteiger charge is 2.33. The Kier molecular flexibility index (Phi) is 12.4. The molecule has 0 aromatic heterocycles. The van der Waals surface area contributed by atoms with Crippen LogP contribution in [-0.4, -0.2) is 52.0 Å². The Morgan fingerprint density at radius 2 is 1.90 bits per heavy atom. The molecule has 6 heteroatoms. The van der Waals surface area contributed by atoms with Gasteiger partial charge in [0.15, 0.2) is 5.96 Å². The second-order valence-corrected chi connectivity index (χ2v) is 5.74. The fourth-order valence-electron chi connectivity index (χ4n) is 1.88. The maximum absolute atomic E-state index is 5.54. The van der Waals surface area contributed by atoms with E-state index in [0.717, 1.165) is 64.9 Å². The summed E-state index contributed by atoms with van der Waals surface area (Å²) in [5, 5.41) is 6.62. The van der Waals surface area contributed by atoms with Crippen LogP contribution >= 0.6 is 24.0 Å². The van der Waals surface area contributed by atoms with Crippen molar-refractivity contribution >= 4 is 29.9 Å². The van der Waals surface area contributed by atoms with E-state index < -0.39 is 0 Å². The molecule has 0 unspecified atom stereocenters. The molecule has 0 radical (unpaired) electrons. The number of hydrogen-bond acceptors (Lipinski definition) is 3. The minimum Gasteiger partial charge on any atom is -0.381 e. The molecule has 0 amide bonds. The number of halogens is 1. The molecule has 2 N–H and O–H groups in total. The monoisotopic (exact) mass is 413 g/mol. The number of nitrogens with one attached hydrogen (secondary N) is 2. The summed E-state index contributed by atoms with van der Waals surface area (Å²) >= 11 is 0. The summed E-state index contributed by atoms with van der Waals surface area (Å²) in [6.45, 7) is 12.4. The topological polar surface area (TPSA) is 54.9 Å². The molecule has 0 aromatic rings. The van der Waals surface area contributed by atoms with Crippen molar-refractivity contribution in [1.82, 2.24) is 10.6 Å². The van der Waals surface area contributed by atoms with Crippen LogP contribution in [0.3, 0.4) is 0 Å². The van der Waals surface area contributed by atoms with Gasteiger partial charge < -0.3 is 20.1 Å². The highest BCUT2D eigenvalue weighted by Crippen LogP contribution is 2.26. The van der Waals surface area contributed by atoms with E-state index in [4.69, 9.17) is 9.47 Å². The van der Waals surface area contributed by atoms with Gasteiger partial charge in [0.1, 0.15) is 0 Å². The zero-order chi connectivity index (χ0) is 14.7. The maximum atomic E-state index is 5.54. The molecule has 1 aliphatic heterocycles. The minimum atomic E-state index is 0. The van der Waals surface area contributed by atoms with E-state index in [2.05, 4.69) is 36.4 Å². The molecule has 1 heterocycles. The van der Waals surface area contributed by atoms with Crippen LogP contribution in [0.25, 0.3) is 0 Å². The number of nitrogens with zero attached hydrogens (tertiary/aromatic N) is 1. The van der Waals surface area contributed by atoms with Crippen molar-refractivity contribution in [3.63, 3.8) is 0 Å². The average Bonchev–Trinajstić information content (AvgIpc) is 2.41. The van der Waals surface area contributed by atoms with Crippen molar-refractivity contribution < 1.29 is 9.47 Å². The Balaban J connectivity index is 0.00000400. The van der Waals surface area contributed by atoms with Crippen molar-refractivity contribution in [3.8, 4) is 0 Å². The van der Waals surface area contributed by atoms with E-state index >= 15 is 0 Å². The predicted molar refractivity (Wildman–Crippen MR) is 98.7 cm³/mol. The number of unbranched alkanes of at least 4 members (excludes halogenated alkanes) is 1. The normalized spacial score (nSPS) is 16.8. The molecule has 0 bridgehead atoms. The molecule has 0 aromatic carbocycles. The number of hydrogen-bond donors (Lipinski definition) is 2. The molecule has 1 fully saturated rings. The average molecular weight is 413 g/mol. The first-order valence-corrected chi connectivity index (χ1v) is 7.88. The smallest absolute Gasteiger partial charge is 0.191 e. The van der Waals surface area contributed by atoms with E-state index in [9.17, 15) is 0 Å². The Labute approximate surface area is 146 Å². The van der Waals surface area contributed by atoms with E-state index in [-0.39, 0.29) is 29.4 Å². The highest BCUT2D eigenvalue weighted by molar-refractivity contribution is 14.0. The van der Waals surface area contributed by atoms with Crippen LogP contribution < -0.4 is 10.6 Å². The zero-order valence-electron chi connectivity index (χ0n) is 13.7. The van der Waals surface area contributed by atoms with Crippen LogP contribution in [0.2, 0.25) is 0 Å². The van der Waals surface area contributed by atoms with E-state index in [0.29, 0.717) is 0 Å². The van der Waals surface area contributed by atoms with Gasteiger partial charge in [-0.1, -0.05) is 20.3 Å². The second kappa shape index (κ2) is 12.5. The van der Waals surface area contributed by atoms with Crippen molar-refractivity contribution in [2.24, 2.45) is 10.4 Å². The summed E-state index contributed by atoms with van der Waals surface area (Å²) in [5.74, 6) is 0.897. The molecule has 0 saturated carbocycles. The van der Waals surface area contributed by atoms with Crippen molar-refractivity contribution in [1.29, 1.82) is 0 Å². The van der Waals surface area contributed by atoms with Gasteiger partial charge in [-0.2, -0.15) is 0 Å². The Morgan fingerprint density at radius 1 is 1.19 bits per heavy atom. The number of rotatable bonds is 10. The molecule has 0 atom stereocenters. The molecule has 5 nitrogen and oxygen atoms in total. The largest absolute Gasteiger partial charge is 0.381 e. The lowest BCUT2D eigenvalue weighted by Gasteiger charge is -2.36. The zero-order valence-corrected chi connectivity index (χ0v) is 16.1. The van der Waals surface area contributed by atoms with Gasteiger partial charge in [0.25, 0.3) is 0 Å². The lowest BCUT2D eigenvalue weighted by molar-refractivity contribution is -0.0945. The fourth-order valence-corrected chi connectivity index (χ4v) is 1.88. The lowest BCUT2D eigenvalue weighted by atomic mass is 9.89. The van der Waals surface area contributed by atoms with Crippen molar-refractivity contribution in [2.45, 2.75) is 40.0 Å². The third-order valence-corrected chi connectivity index (χ3v) is 3.26. The fraction of sp³-hybridized carbons (Fsp3) is 0.933. The van der Waals surface area contributed by atoms with Gasteiger partial charge in [-0.3, -0.25) is 4.99 Å². The first kappa shape index (κ1) is 20.9. The minimum absolute atomic E-state index is 0. The van der Waals surface area contributed by atoms with Gasteiger partial charge in [-0.25, -0.2) is 0 Å². The molecule has 0 aliphatic carbocycles. The van der Waals surface area contributed by atoms with Gasteiger partial charge in [0, 0.05) is 31.7 Å². The summed E-state index contributed by atoms with van der Waals surface area (Å²) in [7, 11) is 0. The molecular weight excluding hydrogens is 381 g/mol. The summed E-state index contributed by atoms with van der Waals surface area (Å²) in [6.07, 6.45) is 3.35. The highest BCUT2D eigenvalue weighted by atomic mass is 127. The van der Waals surface area contributed by atoms with Crippen LogP contribution in [0.5, 0.6) is 0 Å². The Bertz CT molecular complexity index is 284. The number of aliphatic imine (C=N–C) groups is 1. The van der Waals surface area contributed by atoms with Crippen molar-refractivity contribution in [3.05, 3.63) is 0 Å². The summed E-state index contributed by atoms with van der Waals surface area (Å²) in [4.78, 5) is 4.63. The van der Waals surface area contributed by atoms with Gasteiger partial charge >= 0.3 is 0 Å². The molecule has 1 saturated heterocycles. The second-order valence-electron chi connectivity index (χ2n) is 5.74. The quantitative estimate of drug-likeness (QED) is 0.250. The van der Waals surface area contributed by atoms with Gasteiger partial charge in [-0.05, 0) is 19.8 Å². The molecule has 1 aliphatic rings. The van der Waals surface area contributed by atoms with E-state index in [1.54, 1.807) is 0 Å². The molecule has 1 rings (SSSR count). The maximum Gasteiger partial charge on any atom is 0.191 e. The first-order chi connectivity index (χ1) is 9.70. The van der Waals surface area contributed by atoms with E-state index in [1.807, 2.05) is 0 Å². The van der Waals surface area contributed by atoms with Crippen molar-refractivity contribution in [2.75, 3.05) is 46.1 Å². The standard InChI is InChI=1S/C15H31N3O2.HI/c1-4-6-9-19-10-7-8-17-14(16-5-2)18-11-15(3)12-20-13-15;/h4-13H2,1-3H3,(H2,16,17,18);1H. The molecule has 21 heavy (non-hydrogen) atoms. The summed E-state index contributed by atoms with van der Waals surface area (Å²) in [5.41, 5.74) is 0.228. The van der Waals surface area contributed by atoms with Crippen LogP contribution in [0, 0.1) is 5.41 Å². The number of guanidine groups is 1. The van der Waals surface area contributed by atoms with E-state index in [1.165, 1.54) is 6.42 Å². The van der Waals surface area contributed by atoms with Crippen LogP contribution in [0.15, 0.2) is 4.99 Å². The molecule has 0 spiro atoms. The molecular formula is C15H32IN3O2. The summed E-state index contributed by atoms with van der Waals surface area (Å²) < 4.78 is 10.8. The SMILES string of the molecule is CCCCOCCCNC(=NCC1(C)COC1)NCC.I. The van der Waals surface area contributed by atoms with Gasteiger partial charge in [-0.15, -0.1) is 24.0 Å². The third kappa shape index (κ3) is 9.52. The van der Waals surface area contributed by atoms with Crippen LogP contribution in [0.1, 0.15) is 40.0 Å². The van der Waals surface area contributed by atoms with Crippen LogP contribution in [-0.2, 0) is 9.47 Å². The first-order valence-electron chi connectivity index (χ1n) is 7.88. The van der Waals surface area contributed by atoms with Crippen LogP contribution in [0.4, 0.5) is 0 Å². The van der Waals surface area contributed by atoms with Gasteiger partial charge in [0.05, 0.1) is 19.8 Å². The summed E-state index contributed by atoms with van der Waals surface area (Å²) in [6, 6.07) is 0. The van der Waals surface area contributed by atoms with Gasteiger partial charge in [0.2, 0.25) is 0 Å². The number of ether oxygens (including phenoxy) is 2. The lowest BCUT2D eigenvalue weighted by Crippen LogP contribution is -2.44. The predicted octanol–water partition coefficient (Wildman–Crippen LogP) is 2.40. The Hall–Kier alpha value is -0.0800. The Morgan fingerprint density at radius 3 is 2.48 bits per heavy atom. The molecule has 126 valence electrons.